The molecule has 0 unspecified atom stereocenters. The average Bonchev–Trinajstić information content (AvgIpc) is 2.93. The van der Waals surface area contributed by atoms with Crippen LogP contribution in [0.25, 0.3) is 11.4 Å². The quantitative estimate of drug-likeness (QED) is 0.925. The maximum absolute atomic E-state index is 4.77. The van der Waals surface area contributed by atoms with Crippen LogP contribution in [-0.4, -0.2) is 21.5 Å². The van der Waals surface area contributed by atoms with Gasteiger partial charge >= 0.3 is 0 Å². The number of rotatable bonds is 4. The number of pyridine rings is 1. The zero-order valence-electron chi connectivity index (χ0n) is 12.1. The van der Waals surface area contributed by atoms with Crippen molar-refractivity contribution in [3.05, 3.63) is 35.3 Å². The lowest BCUT2D eigenvalue weighted by molar-refractivity contribution is 0.899. The standard InChI is InChI=1S/C16H20N4/c1-3-8-18-15-13-5-4-6-14(13)19-16(20-15)12-7-9-17-10-11(12)2/h7,9-10H,3-6,8H2,1-2H3,(H,18,19,20). The first kappa shape index (κ1) is 13.0. The second-order valence-corrected chi connectivity index (χ2v) is 5.29. The molecule has 1 aliphatic rings. The first-order valence-corrected chi connectivity index (χ1v) is 7.34. The van der Waals surface area contributed by atoms with Gasteiger partial charge in [-0.15, -0.1) is 0 Å². The van der Waals surface area contributed by atoms with Crippen LogP contribution in [0, 0.1) is 6.92 Å². The number of hydrogen-bond acceptors (Lipinski definition) is 4. The number of hydrogen-bond donors (Lipinski definition) is 1. The fourth-order valence-electron chi connectivity index (χ4n) is 2.67. The van der Waals surface area contributed by atoms with Gasteiger partial charge in [0.05, 0.1) is 0 Å². The fourth-order valence-corrected chi connectivity index (χ4v) is 2.67. The lowest BCUT2D eigenvalue weighted by atomic mass is 10.1. The Hall–Kier alpha value is -1.97. The third-order valence-electron chi connectivity index (χ3n) is 3.74. The normalized spacial score (nSPS) is 13.3. The van der Waals surface area contributed by atoms with Gasteiger partial charge in [0.15, 0.2) is 5.82 Å². The molecule has 1 N–H and O–H groups in total. The predicted octanol–water partition coefficient (Wildman–Crippen LogP) is 3.16. The number of fused-ring (bicyclic) bond motifs is 1. The van der Waals surface area contributed by atoms with Crippen molar-refractivity contribution in [2.75, 3.05) is 11.9 Å². The maximum atomic E-state index is 4.77. The van der Waals surface area contributed by atoms with Crippen LogP contribution in [0.4, 0.5) is 5.82 Å². The third-order valence-corrected chi connectivity index (χ3v) is 3.74. The van der Waals surface area contributed by atoms with E-state index in [2.05, 4.69) is 24.1 Å². The predicted molar refractivity (Wildman–Crippen MR) is 80.8 cm³/mol. The average molecular weight is 268 g/mol. The Morgan fingerprint density at radius 2 is 2.15 bits per heavy atom. The van der Waals surface area contributed by atoms with Crippen molar-refractivity contribution in [2.24, 2.45) is 0 Å². The van der Waals surface area contributed by atoms with Gasteiger partial charge in [0.2, 0.25) is 0 Å². The van der Waals surface area contributed by atoms with Crippen molar-refractivity contribution in [1.29, 1.82) is 0 Å². The summed E-state index contributed by atoms with van der Waals surface area (Å²) in [6.07, 6.45) is 8.11. The van der Waals surface area contributed by atoms with Crippen LogP contribution in [0.5, 0.6) is 0 Å². The molecule has 0 saturated carbocycles. The molecule has 4 heteroatoms. The van der Waals surface area contributed by atoms with E-state index in [1.165, 1.54) is 17.7 Å². The molecule has 0 amide bonds. The van der Waals surface area contributed by atoms with Gasteiger partial charge in [0.25, 0.3) is 0 Å². The molecule has 3 rings (SSSR count). The Morgan fingerprint density at radius 3 is 2.95 bits per heavy atom. The molecule has 2 heterocycles. The van der Waals surface area contributed by atoms with Gasteiger partial charge < -0.3 is 5.32 Å². The van der Waals surface area contributed by atoms with Gasteiger partial charge in [0.1, 0.15) is 5.82 Å². The van der Waals surface area contributed by atoms with Crippen molar-refractivity contribution >= 4 is 5.82 Å². The van der Waals surface area contributed by atoms with Crippen LogP contribution < -0.4 is 5.32 Å². The van der Waals surface area contributed by atoms with Crippen molar-refractivity contribution in [3.8, 4) is 11.4 Å². The lowest BCUT2D eigenvalue weighted by Crippen LogP contribution is -2.08. The minimum atomic E-state index is 0.823. The van der Waals surface area contributed by atoms with Gasteiger partial charge in [-0.1, -0.05) is 6.92 Å². The first-order valence-electron chi connectivity index (χ1n) is 7.34. The van der Waals surface area contributed by atoms with Crippen LogP contribution in [0.3, 0.4) is 0 Å². The monoisotopic (exact) mass is 268 g/mol. The van der Waals surface area contributed by atoms with Crippen molar-refractivity contribution < 1.29 is 0 Å². The van der Waals surface area contributed by atoms with Gasteiger partial charge in [-0.05, 0) is 44.2 Å². The summed E-state index contributed by atoms with van der Waals surface area (Å²) < 4.78 is 0. The van der Waals surface area contributed by atoms with E-state index in [1.807, 2.05) is 12.3 Å². The summed E-state index contributed by atoms with van der Waals surface area (Å²) in [5, 5.41) is 3.46. The summed E-state index contributed by atoms with van der Waals surface area (Å²) in [4.78, 5) is 13.7. The molecule has 4 nitrogen and oxygen atoms in total. The maximum Gasteiger partial charge on any atom is 0.162 e. The molecule has 2 aromatic rings. The van der Waals surface area contributed by atoms with Crippen LogP contribution >= 0.6 is 0 Å². The number of nitrogens with one attached hydrogen (secondary N) is 1. The Labute approximate surface area is 119 Å². The zero-order valence-corrected chi connectivity index (χ0v) is 12.1. The molecule has 104 valence electrons. The molecule has 0 aromatic carbocycles. The van der Waals surface area contributed by atoms with Gasteiger partial charge in [-0.25, -0.2) is 9.97 Å². The van der Waals surface area contributed by atoms with Crippen molar-refractivity contribution in [2.45, 2.75) is 39.5 Å². The van der Waals surface area contributed by atoms with Gasteiger partial charge in [-0.2, -0.15) is 0 Å². The van der Waals surface area contributed by atoms with Gasteiger partial charge in [0, 0.05) is 35.8 Å². The van der Waals surface area contributed by atoms with Crippen LogP contribution in [0.15, 0.2) is 18.5 Å². The SMILES string of the molecule is CCCNc1nc(-c2ccncc2C)nc2c1CCC2. The molecule has 2 aromatic heterocycles. The van der Waals surface area contributed by atoms with E-state index in [0.29, 0.717) is 0 Å². The van der Waals surface area contributed by atoms with E-state index in [9.17, 15) is 0 Å². The summed E-state index contributed by atoms with van der Waals surface area (Å²) in [5.74, 6) is 1.85. The molecule has 0 spiro atoms. The number of nitrogens with zero attached hydrogens (tertiary/aromatic N) is 3. The van der Waals surface area contributed by atoms with Crippen molar-refractivity contribution in [1.82, 2.24) is 15.0 Å². The molecule has 0 bridgehead atoms. The zero-order chi connectivity index (χ0) is 13.9. The molecule has 1 aliphatic carbocycles. The highest BCUT2D eigenvalue weighted by Crippen LogP contribution is 2.29. The topological polar surface area (TPSA) is 50.7 Å². The van der Waals surface area contributed by atoms with E-state index in [4.69, 9.17) is 9.97 Å². The van der Waals surface area contributed by atoms with E-state index in [0.717, 1.165) is 48.6 Å². The summed E-state index contributed by atoms with van der Waals surface area (Å²) in [6, 6.07) is 2.00. The fraction of sp³-hybridized carbons (Fsp3) is 0.438. The second kappa shape index (κ2) is 5.57. The molecule has 0 aliphatic heterocycles. The Kier molecular flexibility index (Phi) is 3.63. The summed E-state index contributed by atoms with van der Waals surface area (Å²) in [7, 11) is 0. The van der Waals surface area contributed by atoms with E-state index >= 15 is 0 Å². The Balaban J connectivity index is 2.06. The Bertz CT molecular complexity index is 622. The molecule has 20 heavy (non-hydrogen) atoms. The number of aryl methyl sites for hydroxylation is 2. The third kappa shape index (κ3) is 2.38. The minimum absolute atomic E-state index is 0.823. The van der Waals surface area contributed by atoms with Crippen LogP contribution in [0.1, 0.15) is 36.6 Å². The van der Waals surface area contributed by atoms with Crippen LogP contribution in [-0.2, 0) is 12.8 Å². The summed E-state index contributed by atoms with van der Waals surface area (Å²) in [6.45, 7) is 5.18. The molecule has 0 radical (unpaired) electrons. The highest BCUT2D eigenvalue weighted by Gasteiger charge is 2.20. The lowest BCUT2D eigenvalue weighted by Gasteiger charge is -2.12. The second-order valence-electron chi connectivity index (χ2n) is 5.29. The largest absolute Gasteiger partial charge is 0.370 e. The van der Waals surface area contributed by atoms with E-state index in [1.54, 1.807) is 6.20 Å². The van der Waals surface area contributed by atoms with Crippen molar-refractivity contribution in [3.63, 3.8) is 0 Å². The highest BCUT2D eigenvalue weighted by atomic mass is 15.0. The number of anilines is 1. The smallest absolute Gasteiger partial charge is 0.162 e. The van der Waals surface area contributed by atoms with Crippen LogP contribution in [0.2, 0.25) is 0 Å². The molecular weight excluding hydrogens is 248 g/mol. The first-order chi connectivity index (χ1) is 9.79. The molecule has 0 fully saturated rings. The Morgan fingerprint density at radius 1 is 1.25 bits per heavy atom. The molecular formula is C16H20N4. The van der Waals surface area contributed by atoms with E-state index < -0.39 is 0 Å². The molecule has 0 atom stereocenters. The molecule has 0 saturated heterocycles. The number of aromatic nitrogens is 3. The minimum Gasteiger partial charge on any atom is -0.370 e. The van der Waals surface area contributed by atoms with Gasteiger partial charge in [-0.3, -0.25) is 4.98 Å². The summed E-state index contributed by atoms with van der Waals surface area (Å²) in [5.41, 5.74) is 4.72. The highest BCUT2D eigenvalue weighted by molar-refractivity contribution is 5.63. The van der Waals surface area contributed by atoms with E-state index in [-0.39, 0.29) is 0 Å². The summed E-state index contributed by atoms with van der Waals surface area (Å²) >= 11 is 0.